The van der Waals surface area contributed by atoms with Crippen molar-refractivity contribution in [2.45, 2.75) is 25.4 Å². The second kappa shape index (κ2) is 20.1. The monoisotopic (exact) mass is 651 g/mol. The van der Waals surface area contributed by atoms with E-state index in [0.29, 0.717) is 88.4 Å². The van der Waals surface area contributed by atoms with Crippen LogP contribution in [0.1, 0.15) is 28.9 Å². The number of hydrogen-bond donors (Lipinski definition) is 7. The Morgan fingerprint density at radius 3 is 2.34 bits per heavy atom. The van der Waals surface area contributed by atoms with E-state index in [9.17, 15) is 9.59 Å². The number of hydrogen-bond acceptors (Lipinski definition) is 13. The van der Waals surface area contributed by atoms with Crippen molar-refractivity contribution in [2.24, 2.45) is 16.5 Å². The second-order valence-corrected chi connectivity index (χ2v) is 9.90. The third kappa shape index (κ3) is 13.4. The number of ether oxygens (including phenoxy) is 4. The highest BCUT2D eigenvalue weighted by molar-refractivity contribution is 5.98. The van der Waals surface area contributed by atoms with Gasteiger partial charge in [0.15, 0.2) is 11.2 Å². The van der Waals surface area contributed by atoms with Crippen molar-refractivity contribution in [3.63, 3.8) is 0 Å². The lowest BCUT2D eigenvalue weighted by Crippen LogP contribution is -2.44. The molecule has 252 valence electrons. The van der Waals surface area contributed by atoms with Gasteiger partial charge in [-0.2, -0.15) is 4.98 Å². The molecule has 47 heavy (non-hydrogen) atoms. The molecule has 1 atom stereocenters. The first kappa shape index (κ1) is 36.3. The van der Waals surface area contributed by atoms with Crippen molar-refractivity contribution in [3.8, 4) is 12.3 Å². The van der Waals surface area contributed by atoms with E-state index in [1.54, 1.807) is 24.3 Å². The van der Waals surface area contributed by atoms with Gasteiger partial charge in [-0.3, -0.25) is 25.0 Å². The molecule has 10 N–H and O–H groups in total. The fourth-order valence-electron chi connectivity index (χ4n) is 3.95. The molecule has 0 aliphatic rings. The lowest BCUT2D eigenvalue weighted by molar-refractivity contribution is 0.00226. The quantitative estimate of drug-likeness (QED) is 0.0321. The van der Waals surface area contributed by atoms with Crippen LogP contribution in [-0.2, 0) is 25.5 Å². The first-order chi connectivity index (χ1) is 22.8. The van der Waals surface area contributed by atoms with Crippen LogP contribution >= 0.6 is 0 Å². The maximum atomic E-state index is 12.8. The number of carbonyl (C=O) groups excluding carboxylic acids is 1. The summed E-state index contributed by atoms with van der Waals surface area (Å²) in [6.45, 7) is 3.92. The minimum absolute atomic E-state index is 0.0333. The number of carbonyl (C=O) groups is 1. The number of aliphatic imine (C=N–C) groups is 1. The average molecular weight is 652 g/mol. The predicted octanol–water partition coefficient (Wildman–Crippen LogP) is -0.221. The number of anilines is 2. The first-order valence-electron chi connectivity index (χ1n) is 14.8. The zero-order valence-corrected chi connectivity index (χ0v) is 26.0. The van der Waals surface area contributed by atoms with E-state index in [1.165, 1.54) is 6.20 Å². The summed E-state index contributed by atoms with van der Waals surface area (Å²) >= 11 is 0. The SMILES string of the molecule is C#CCOCCOCCOCCOCCN=C(N)CC[C@H](NC(=O)c1ccc(NCc2cnc3nc(N)[nH]c(=O)c3n2)cc1)C(=N)N. The van der Waals surface area contributed by atoms with E-state index < -0.39 is 17.5 Å². The van der Waals surface area contributed by atoms with Gasteiger partial charge in [0.1, 0.15) is 12.4 Å². The Morgan fingerprint density at radius 2 is 1.68 bits per heavy atom. The molecular weight excluding hydrogens is 610 g/mol. The molecular formula is C30H41N11O6. The molecule has 17 heteroatoms. The maximum Gasteiger partial charge on any atom is 0.280 e. The molecule has 3 rings (SSSR count). The molecule has 0 saturated carbocycles. The highest BCUT2D eigenvalue weighted by atomic mass is 16.6. The van der Waals surface area contributed by atoms with Crippen molar-refractivity contribution in [3.05, 3.63) is 52.1 Å². The summed E-state index contributed by atoms with van der Waals surface area (Å²) in [5.74, 6) is 2.13. The lowest BCUT2D eigenvalue weighted by atomic mass is 10.1. The number of nitrogen functional groups attached to an aromatic ring is 1. The number of fused-ring (bicyclic) bond motifs is 1. The number of aromatic amines is 1. The number of nitrogens with two attached hydrogens (primary N) is 3. The van der Waals surface area contributed by atoms with Crippen LogP contribution in [0.5, 0.6) is 0 Å². The molecule has 2 heterocycles. The molecule has 17 nitrogen and oxygen atoms in total. The van der Waals surface area contributed by atoms with Crippen LogP contribution in [0.3, 0.4) is 0 Å². The summed E-state index contributed by atoms with van der Waals surface area (Å²) in [7, 11) is 0. The van der Waals surface area contributed by atoms with Crippen LogP contribution in [0, 0.1) is 17.8 Å². The van der Waals surface area contributed by atoms with Gasteiger partial charge in [-0.1, -0.05) is 5.92 Å². The minimum atomic E-state index is -0.721. The standard InChI is InChI=1S/C30H41N11O6/c1-2-10-44-12-14-46-16-17-47-15-13-45-11-9-35-24(31)8-7-23(26(32)33)39-28(42)20-3-5-21(6-4-20)36-18-22-19-37-27-25(38-22)29(43)41-30(34)40-27/h1,3-6,19,23,36H,7-18H2,(H2,31,35)(H3,32,33)(H,39,42)(H3,34,37,40,41,43)/t23-/m0/s1. The molecule has 0 aliphatic carbocycles. The highest BCUT2D eigenvalue weighted by Gasteiger charge is 2.17. The van der Waals surface area contributed by atoms with Gasteiger partial charge in [0, 0.05) is 17.7 Å². The molecule has 0 aliphatic heterocycles. The van der Waals surface area contributed by atoms with Crippen molar-refractivity contribution in [2.75, 3.05) is 70.5 Å². The minimum Gasteiger partial charge on any atom is -0.387 e. The number of nitrogens with one attached hydrogen (secondary N) is 4. The molecule has 0 unspecified atom stereocenters. The highest BCUT2D eigenvalue weighted by Crippen LogP contribution is 2.12. The average Bonchev–Trinajstić information content (AvgIpc) is 3.05. The van der Waals surface area contributed by atoms with Gasteiger partial charge in [-0.15, -0.1) is 6.42 Å². The molecule has 1 amide bonds. The van der Waals surface area contributed by atoms with Gasteiger partial charge < -0.3 is 46.8 Å². The summed E-state index contributed by atoms with van der Waals surface area (Å²) < 4.78 is 21.3. The summed E-state index contributed by atoms with van der Waals surface area (Å²) in [5, 5.41) is 13.8. The predicted molar refractivity (Wildman–Crippen MR) is 177 cm³/mol. The van der Waals surface area contributed by atoms with E-state index in [0.717, 1.165) is 0 Å². The molecule has 0 saturated heterocycles. The Bertz CT molecular complexity index is 1570. The molecule has 0 fully saturated rings. The van der Waals surface area contributed by atoms with Gasteiger partial charge >= 0.3 is 0 Å². The smallest absolute Gasteiger partial charge is 0.280 e. The van der Waals surface area contributed by atoms with Crippen LogP contribution < -0.4 is 33.4 Å². The number of H-pyrrole nitrogens is 1. The zero-order valence-electron chi connectivity index (χ0n) is 26.0. The number of amidine groups is 2. The topological polar surface area (TPSA) is 264 Å². The Morgan fingerprint density at radius 1 is 1.02 bits per heavy atom. The molecule has 0 spiro atoms. The maximum absolute atomic E-state index is 12.8. The fraction of sp³-hybridized carbons (Fsp3) is 0.433. The molecule has 0 radical (unpaired) electrons. The Balaban J connectivity index is 1.32. The van der Waals surface area contributed by atoms with Crippen LogP contribution in [0.4, 0.5) is 11.6 Å². The number of terminal acetylenes is 1. The van der Waals surface area contributed by atoms with Crippen LogP contribution in [-0.4, -0.2) is 103 Å². The third-order valence-corrected chi connectivity index (χ3v) is 6.33. The van der Waals surface area contributed by atoms with Crippen LogP contribution in [0.15, 0.2) is 40.2 Å². The van der Waals surface area contributed by atoms with Crippen LogP contribution in [0.2, 0.25) is 0 Å². The molecule has 3 aromatic rings. The Hall–Kier alpha value is -5.15. The van der Waals surface area contributed by atoms with E-state index in [2.05, 4.69) is 41.5 Å². The van der Waals surface area contributed by atoms with Crippen LogP contribution in [0.25, 0.3) is 11.2 Å². The van der Waals surface area contributed by atoms with Gasteiger partial charge in [0.2, 0.25) is 5.95 Å². The summed E-state index contributed by atoms with van der Waals surface area (Å²) in [6.07, 6.45) is 7.22. The van der Waals surface area contributed by atoms with E-state index >= 15 is 0 Å². The van der Waals surface area contributed by atoms with Crippen molar-refractivity contribution < 1.29 is 23.7 Å². The Labute approximate surface area is 271 Å². The number of amides is 1. The summed E-state index contributed by atoms with van der Waals surface area (Å²) in [5.41, 5.74) is 18.7. The molecule has 0 bridgehead atoms. The third-order valence-electron chi connectivity index (χ3n) is 6.33. The van der Waals surface area contributed by atoms with E-state index in [1.807, 2.05) is 0 Å². The normalized spacial score (nSPS) is 12.0. The van der Waals surface area contributed by atoms with Gasteiger partial charge in [0.25, 0.3) is 11.5 Å². The van der Waals surface area contributed by atoms with Gasteiger partial charge in [-0.05, 0) is 30.7 Å². The largest absolute Gasteiger partial charge is 0.387 e. The number of aromatic nitrogens is 4. The van der Waals surface area contributed by atoms with E-state index in [4.69, 9.17) is 48.0 Å². The summed E-state index contributed by atoms with van der Waals surface area (Å²) in [4.78, 5) is 43.9. The van der Waals surface area contributed by atoms with Crippen molar-refractivity contribution in [1.82, 2.24) is 25.3 Å². The van der Waals surface area contributed by atoms with E-state index in [-0.39, 0.29) is 36.1 Å². The summed E-state index contributed by atoms with van der Waals surface area (Å²) in [6, 6.07) is 5.98. The van der Waals surface area contributed by atoms with Gasteiger partial charge in [0.05, 0.1) is 83.1 Å². The second-order valence-electron chi connectivity index (χ2n) is 9.90. The lowest BCUT2D eigenvalue weighted by Gasteiger charge is -2.17. The molecule has 1 aromatic carbocycles. The van der Waals surface area contributed by atoms with Crippen molar-refractivity contribution in [1.29, 1.82) is 5.41 Å². The number of benzene rings is 1. The molecule has 2 aromatic heterocycles. The Kier molecular flexibility index (Phi) is 15.5. The zero-order chi connectivity index (χ0) is 33.9. The fourth-order valence-corrected chi connectivity index (χ4v) is 3.95. The first-order valence-corrected chi connectivity index (χ1v) is 14.8. The number of rotatable bonds is 22. The number of nitrogens with zero attached hydrogens (tertiary/aromatic N) is 4. The van der Waals surface area contributed by atoms with Gasteiger partial charge in [-0.25, -0.2) is 9.97 Å². The van der Waals surface area contributed by atoms with Crippen molar-refractivity contribution >= 4 is 40.4 Å².